The fraction of sp³-hybridized carbons (Fsp3) is 0.176. The van der Waals surface area contributed by atoms with Gasteiger partial charge in [-0.2, -0.15) is 18.4 Å². The molecule has 0 atom stereocenters. The normalized spacial score (nSPS) is 11.4. The van der Waals surface area contributed by atoms with E-state index in [2.05, 4.69) is 4.98 Å². The van der Waals surface area contributed by atoms with Crippen molar-refractivity contribution < 1.29 is 17.9 Å². The number of imidazole rings is 1. The first-order chi connectivity index (χ1) is 11.5. The average Bonchev–Trinajstić information content (AvgIpc) is 2.95. The highest BCUT2D eigenvalue weighted by atomic mass is 19.4. The largest absolute Gasteiger partial charge is 0.492 e. The Morgan fingerprint density at radius 1 is 1.08 bits per heavy atom. The lowest BCUT2D eigenvalue weighted by molar-refractivity contribution is -0.147. The maximum absolute atomic E-state index is 13.2. The second-order valence-electron chi connectivity index (χ2n) is 5.06. The molecule has 24 heavy (non-hydrogen) atoms. The lowest BCUT2D eigenvalue weighted by atomic mass is 10.2. The number of hydrogen-bond acceptors (Lipinski definition) is 3. The Morgan fingerprint density at radius 2 is 1.79 bits per heavy atom. The van der Waals surface area contributed by atoms with Crippen molar-refractivity contribution in [2.75, 3.05) is 6.61 Å². The van der Waals surface area contributed by atoms with Crippen molar-refractivity contribution in [2.45, 2.75) is 12.7 Å². The van der Waals surface area contributed by atoms with Crippen LogP contribution in [0.5, 0.6) is 5.75 Å². The van der Waals surface area contributed by atoms with Crippen LogP contribution in [0.25, 0.3) is 11.0 Å². The van der Waals surface area contributed by atoms with E-state index in [1.54, 1.807) is 48.5 Å². The predicted octanol–water partition coefficient (Wildman–Crippen LogP) is 4.01. The molecular formula is C17H12F3N3O. The van der Waals surface area contributed by atoms with Crippen molar-refractivity contribution >= 4 is 11.0 Å². The molecule has 1 aromatic heterocycles. The van der Waals surface area contributed by atoms with Crippen LogP contribution in [0.3, 0.4) is 0 Å². The first-order valence-electron chi connectivity index (χ1n) is 7.14. The number of para-hydroxylation sites is 2. The van der Waals surface area contributed by atoms with Gasteiger partial charge < -0.3 is 9.30 Å². The summed E-state index contributed by atoms with van der Waals surface area (Å²) in [5.41, 5.74) is 1.19. The second-order valence-corrected chi connectivity index (χ2v) is 5.06. The third kappa shape index (κ3) is 3.18. The number of nitrogens with zero attached hydrogens (tertiary/aromatic N) is 3. The van der Waals surface area contributed by atoms with Crippen molar-refractivity contribution in [3.05, 3.63) is 59.9 Å². The molecule has 0 aliphatic heterocycles. The predicted molar refractivity (Wildman–Crippen MR) is 81.4 cm³/mol. The number of alkyl halides is 3. The van der Waals surface area contributed by atoms with Crippen molar-refractivity contribution in [1.82, 2.24) is 9.55 Å². The molecule has 0 unspecified atom stereocenters. The molecule has 0 saturated heterocycles. The van der Waals surface area contributed by atoms with Gasteiger partial charge in [-0.15, -0.1) is 0 Å². The van der Waals surface area contributed by atoms with Crippen LogP contribution in [0.15, 0.2) is 48.5 Å². The minimum Gasteiger partial charge on any atom is -0.492 e. The molecule has 1 heterocycles. The maximum Gasteiger partial charge on any atom is 0.449 e. The smallest absolute Gasteiger partial charge is 0.449 e. The van der Waals surface area contributed by atoms with Crippen LogP contribution in [0, 0.1) is 11.3 Å². The number of benzene rings is 2. The quantitative estimate of drug-likeness (QED) is 0.726. The van der Waals surface area contributed by atoms with E-state index >= 15 is 0 Å². The zero-order valence-corrected chi connectivity index (χ0v) is 12.4. The Kier molecular flexibility index (Phi) is 4.13. The number of rotatable bonds is 4. The Bertz CT molecular complexity index is 892. The molecule has 2 aromatic carbocycles. The summed E-state index contributed by atoms with van der Waals surface area (Å²) in [4.78, 5) is 3.68. The summed E-state index contributed by atoms with van der Waals surface area (Å²) in [6.07, 6.45) is -4.53. The fourth-order valence-electron chi connectivity index (χ4n) is 2.40. The van der Waals surface area contributed by atoms with Gasteiger partial charge in [-0.05, 0) is 36.4 Å². The summed E-state index contributed by atoms with van der Waals surface area (Å²) in [5.74, 6) is -0.445. The van der Waals surface area contributed by atoms with Gasteiger partial charge in [-0.25, -0.2) is 4.98 Å². The van der Waals surface area contributed by atoms with E-state index in [1.165, 1.54) is 0 Å². The van der Waals surface area contributed by atoms with Crippen LogP contribution in [-0.4, -0.2) is 16.2 Å². The lowest BCUT2D eigenvalue weighted by Crippen LogP contribution is -2.18. The monoisotopic (exact) mass is 331 g/mol. The molecule has 0 amide bonds. The molecule has 122 valence electrons. The molecule has 0 aliphatic carbocycles. The fourth-order valence-corrected chi connectivity index (χ4v) is 2.40. The summed E-state index contributed by atoms with van der Waals surface area (Å²) in [5, 5.41) is 8.73. The maximum atomic E-state index is 13.2. The van der Waals surface area contributed by atoms with Gasteiger partial charge >= 0.3 is 6.18 Å². The third-order valence-corrected chi connectivity index (χ3v) is 3.48. The summed E-state index contributed by atoms with van der Waals surface area (Å²) >= 11 is 0. The molecule has 0 spiro atoms. The minimum absolute atomic E-state index is 0.00928. The van der Waals surface area contributed by atoms with Crippen molar-refractivity contribution in [1.29, 1.82) is 5.26 Å². The molecule has 0 radical (unpaired) electrons. The van der Waals surface area contributed by atoms with E-state index in [0.717, 1.165) is 4.57 Å². The van der Waals surface area contributed by atoms with Crippen molar-refractivity contribution in [3.8, 4) is 11.8 Å². The van der Waals surface area contributed by atoms with E-state index < -0.39 is 12.0 Å². The van der Waals surface area contributed by atoms with E-state index in [0.29, 0.717) is 22.3 Å². The molecule has 4 nitrogen and oxygen atoms in total. The second kappa shape index (κ2) is 6.24. The summed E-state index contributed by atoms with van der Waals surface area (Å²) < 4.78 is 46.1. The molecule has 0 N–H and O–H groups in total. The summed E-state index contributed by atoms with van der Waals surface area (Å²) in [6.45, 7) is 0.0602. The zero-order valence-electron chi connectivity index (χ0n) is 12.4. The van der Waals surface area contributed by atoms with Gasteiger partial charge in [-0.3, -0.25) is 0 Å². The van der Waals surface area contributed by atoms with E-state index in [-0.39, 0.29) is 13.2 Å². The first-order valence-corrected chi connectivity index (χ1v) is 7.14. The molecule has 0 bridgehead atoms. The lowest BCUT2D eigenvalue weighted by Gasteiger charge is -2.12. The molecule has 0 saturated carbocycles. The number of aromatic nitrogens is 2. The van der Waals surface area contributed by atoms with Crippen molar-refractivity contribution in [2.24, 2.45) is 0 Å². The van der Waals surface area contributed by atoms with Gasteiger partial charge in [0, 0.05) is 0 Å². The van der Waals surface area contributed by atoms with Crippen LogP contribution in [0.1, 0.15) is 11.4 Å². The standard InChI is InChI=1S/C17H12F3N3O/c18-17(19,20)16-22-14-3-1-2-4-15(14)23(16)9-10-24-13-7-5-12(11-21)6-8-13/h1-8H,9-10H2. The average molecular weight is 331 g/mol. The number of ether oxygens (including phenoxy) is 1. The topological polar surface area (TPSA) is 50.8 Å². The first kappa shape index (κ1) is 15.9. The Balaban J connectivity index is 1.80. The van der Waals surface area contributed by atoms with E-state index in [1.807, 2.05) is 6.07 Å². The minimum atomic E-state index is -4.53. The van der Waals surface area contributed by atoms with Crippen LogP contribution in [0.2, 0.25) is 0 Å². The molecular weight excluding hydrogens is 319 g/mol. The number of hydrogen-bond donors (Lipinski definition) is 0. The number of fused-ring (bicyclic) bond motifs is 1. The molecule has 7 heteroatoms. The van der Waals surface area contributed by atoms with Crippen LogP contribution < -0.4 is 4.74 Å². The van der Waals surface area contributed by atoms with Gasteiger partial charge in [0.15, 0.2) is 0 Å². The molecule has 3 aromatic rings. The van der Waals surface area contributed by atoms with Gasteiger partial charge in [0.05, 0.1) is 29.2 Å². The van der Waals surface area contributed by atoms with E-state index in [9.17, 15) is 13.2 Å². The highest BCUT2D eigenvalue weighted by Gasteiger charge is 2.37. The van der Waals surface area contributed by atoms with Crippen molar-refractivity contribution in [3.63, 3.8) is 0 Å². The Morgan fingerprint density at radius 3 is 2.46 bits per heavy atom. The van der Waals surface area contributed by atoms with E-state index in [4.69, 9.17) is 10.00 Å². The zero-order chi connectivity index (χ0) is 17.2. The van der Waals surface area contributed by atoms with Crippen LogP contribution in [-0.2, 0) is 12.7 Å². The van der Waals surface area contributed by atoms with Gasteiger partial charge in [0.1, 0.15) is 12.4 Å². The summed E-state index contributed by atoms with van der Waals surface area (Å²) in [6, 6.07) is 14.8. The molecule has 0 fully saturated rings. The highest BCUT2D eigenvalue weighted by molar-refractivity contribution is 5.76. The summed E-state index contributed by atoms with van der Waals surface area (Å²) in [7, 11) is 0. The third-order valence-electron chi connectivity index (χ3n) is 3.48. The SMILES string of the molecule is N#Cc1ccc(OCCn2c(C(F)(F)F)nc3ccccc32)cc1. The number of halogens is 3. The highest BCUT2D eigenvalue weighted by Crippen LogP contribution is 2.31. The van der Waals surface area contributed by atoms with Crippen LogP contribution >= 0.6 is 0 Å². The Hall–Kier alpha value is -3.01. The van der Waals surface area contributed by atoms with Gasteiger partial charge in [-0.1, -0.05) is 12.1 Å². The number of nitriles is 1. The molecule has 0 aliphatic rings. The Labute approximate surface area is 135 Å². The van der Waals surface area contributed by atoms with Gasteiger partial charge in [0.25, 0.3) is 0 Å². The molecule has 3 rings (SSSR count). The van der Waals surface area contributed by atoms with Crippen LogP contribution in [0.4, 0.5) is 13.2 Å². The van der Waals surface area contributed by atoms with Gasteiger partial charge in [0.2, 0.25) is 5.82 Å².